The predicted molar refractivity (Wildman–Crippen MR) is 77.9 cm³/mol. The minimum absolute atomic E-state index is 0.365. The number of likely N-dealkylation sites (N-methyl/N-ethyl adjacent to an activating group) is 2. The van der Waals surface area contributed by atoms with Crippen LogP contribution in [0.25, 0.3) is 0 Å². The lowest BCUT2D eigenvalue weighted by atomic mass is 10.1. The van der Waals surface area contributed by atoms with E-state index < -0.39 is 0 Å². The van der Waals surface area contributed by atoms with Crippen LogP contribution in [-0.4, -0.2) is 44.4 Å². The van der Waals surface area contributed by atoms with Crippen molar-refractivity contribution in [1.82, 2.24) is 4.90 Å². The summed E-state index contributed by atoms with van der Waals surface area (Å²) in [6.45, 7) is 6.12. The molecule has 1 unspecified atom stereocenters. The molecule has 0 saturated carbocycles. The number of hydrogen-bond acceptors (Lipinski definition) is 3. The minimum atomic E-state index is 0.365. The zero-order valence-corrected chi connectivity index (χ0v) is 12.2. The summed E-state index contributed by atoms with van der Waals surface area (Å²) in [6.07, 6.45) is 0.815. The number of benzene rings is 1. The largest absolute Gasteiger partial charge is 0.367 e. The Kier molecular flexibility index (Phi) is 5.63. The summed E-state index contributed by atoms with van der Waals surface area (Å²) >= 11 is 6.25. The van der Waals surface area contributed by atoms with E-state index in [0.29, 0.717) is 16.6 Å². The summed E-state index contributed by atoms with van der Waals surface area (Å²) < 4.78 is 0. The first-order chi connectivity index (χ1) is 8.49. The smallest absolute Gasteiger partial charge is 0.150 e. The molecule has 0 saturated heterocycles. The van der Waals surface area contributed by atoms with Gasteiger partial charge < -0.3 is 9.80 Å². The summed E-state index contributed by atoms with van der Waals surface area (Å²) in [6, 6.07) is 5.81. The Morgan fingerprint density at radius 1 is 1.39 bits per heavy atom. The van der Waals surface area contributed by atoms with Crippen molar-refractivity contribution in [3.8, 4) is 0 Å². The Balaban J connectivity index is 2.97. The fraction of sp³-hybridized carbons (Fsp3) is 0.500. The Hall–Kier alpha value is -1.06. The summed E-state index contributed by atoms with van der Waals surface area (Å²) in [7, 11) is 4.11. The van der Waals surface area contributed by atoms with Crippen molar-refractivity contribution in [3.05, 3.63) is 28.8 Å². The van der Waals surface area contributed by atoms with Gasteiger partial charge in [0.25, 0.3) is 0 Å². The van der Waals surface area contributed by atoms with E-state index in [1.165, 1.54) is 0 Å². The van der Waals surface area contributed by atoms with Gasteiger partial charge in [0.2, 0.25) is 0 Å². The lowest BCUT2D eigenvalue weighted by molar-refractivity contribution is 0.112. The number of rotatable bonds is 6. The molecule has 18 heavy (non-hydrogen) atoms. The van der Waals surface area contributed by atoms with E-state index in [0.717, 1.165) is 25.1 Å². The highest BCUT2D eigenvalue weighted by Crippen LogP contribution is 2.28. The van der Waals surface area contributed by atoms with Gasteiger partial charge in [0.05, 0.1) is 10.7 Å². The molecule has 0 fully saturated rings. The van der Waals surface area contributed by atoms with Gasteiger partial charge in [0, 0.05) is 24.7 Å². The number of hydrogen-bond donors (Lipinski definition) is 0. The highest BCUT2D eigenvalue weighted by atomic mass is 35.5. The fourth-order valence-electron chi connectivity index (χ4n) is 2.18. The lowest BCUT2D eigenvalue weighted by Crippen LogP contribution is -2.40. The highest BCUT2D eigenvalue weighted by molar-refractivity contribution is 6.33. The molecule has 1 rings (SSSR count). The van der Waals surface area contributed by atoms with Gasteiger partial charge >= 0.3 is 0 Å². The standard InChI is InChI=1S/C14H21ClN2O/c1-5-17(11(2)9-16(3)4)14-7-6-12(10-18)8-13(14)15/h6-8,10-11H,5,9H2,1-4H3. The third-order valence-corrected chi connectivity index (χ3v) is 3.22. The normalized spacial score (nSPS) is 12.6. The zero-order valence-electron chi connectivity index (χ0n) is 11.5. The molecule has 1 atom stereocenters. The quantitative estimate of drug-likeness (QED) is 0.741. The molecule has 1 aromatic carbocycles. The molecule has 100 valence electrons. The van der Waals surface area contributed by atoms with Crippen LogP contribution in [0, 0.1) is 0 Å². The Bertz CT molecular complexity index is 407. The van der Waals surface area contributed by atoms with Crippen LogP contribution in [-0.2, 0) is 0 Å². The molecule has 0 radical (unpaired) electrons. The van der Waals surface area contributed by atoms with Crippen LogP contribution in [0.1, 0.15) is 24.2 Å². The van der Waals surface area contributed by atoms with E-state index in [1.54, 1.807) is 12.1 Å². The van der Waals surface area contributed by atoms with Crippen molar-refractivity contribution >= 4 is 23.6 Å². The molecule has 3 nitrogen and oxygen atoms in total. The second-order valence-corrected chi connectivity index (χ2v) is 5.13. The van der Waals surface area contributed by atoms with Gasteiger partial charge in [-0.25, -0.2) is 0 Å². The fourth-order valence-corrected chi connectivity index (χ4v) is 2.47. The molecular weight excluding hydrogens is 248 g/mol. The predicted octanol–water partition coefficient (Wildman–Crippen LogP) is 2.93. The van der Waals surface area contributed by atoms with Crippen molar-refractivity contribution in [2.45, 2.75) is 19.9 Å². The number of halogens is 1. The molecular formula is C14H21ClN2O. The van der Waals surface area contributed by atoms with Gasteiger partial charge in [0.15, 0.2) is 0 Å². The number of anilines is 1. The van der Waals surface area contributed by atoms with E-state index in [9.17, 15) is 4.79 Å². The second-order valence-electron chi connectivity index (χ2n) is 4.73. The molecule has 0 amide bonds. The Morgan fingerprint density at radius 3 is 2.50 bits per heavy atom. The van der Waals surface area contributed by atoms with E-state index in [-0.39, 0.29) is 0 Å². The molecule has 0 heterocycles. The minimum Gasteiger partial charge on any atom is -0.367 e. The van der Waals surface area contributed by atoms with E-state index in [4.69, 9.17) is 11.6 Å². The first-order valence-electron chi connectivity index (χ1n) is 6.15. The van der Waals surface area contributed by atoms with Crippen LogP contribution in [0.15, 0.2) is 18.2 Å². The maximum Gasteiger partial charge on any atom is 0.150 e. The van der Waals surface area contributed by atoms with Crippen molar-refractivity contribution in [3.63, 3.8) is 0 Å². The molecule has 1 aromatic rings. The average molecular weight is 269 g/mol. The third-order valence-electron chi connectivity index (χ3n) is 2.92. The van der Waals surface area contributed by atoms with Gasteiger partial charge in [-0.1, -0.05) is 11.6 Å². The number of carbonyl (C=O) groups excluding carboxylic acids is 1. The number of nitrogens with zero attached hydrogens (tertiary/aromatic N) is 2. The lowest BCUT2D eigenvalue weighted by Gasteiger charge is -2.32. The van der Waals surface area contributed by atoms with Gasteiger partial charge in [0.1, 0.15) is 6.29 Å². The summed E-state index contributed by atoms with van der Waals surface area (Å²) in [5.74, 6) is 0. The zero-order chi connectivity index (χ0) is 13.7. The van der Waals surface area contributed by atoms with Crippen LogP contribution in [0.5, 0.6) is 0 Å². The molecule has 0 aliphatic heterocycles. The molecule has 0 N–H and O–H groups in total. The first kappa shape index (κ1) is 15.0. The molecule has 0 aliphatic carbocycles. The summed E-state index contributed by atoms with van der Waals surface area (Å²) in [5.41, 5.74) is 1.60. The average Bonchev–Trinajstić information content (AvgIpc) is 2.31. The monoisotopic (exact) mass is 268 g/mol. The first-order valence-corrected chi connectivity index (χ1v) is 6.53. The van der Waals surface area contributed by atoms with Crippen LogP contribution < -0.4 is 4.90 Å². The van der Waals surface area contributed by atoms with Gasteiger partial charge in [-0.15, -0.1) is 0 Å². The molecule has 0 bridgehead atoms. The van der Waals surface area contributed by atoms with E-state index in [1.807, 2.05) is 6.07 Å². The Morgan fingerprint density at radius 2 is 2.06 bits per heavy atom. The summed E-state index contributed by atoms with van der Waals surface area (Å²) in [5, 5.41) is 0.632. The van der Waals surface area contributed by atoms with E-state index in [2.05, 4.69) is 37.7 Å². The van der Waals surface area contributed by atoms with E-state index >= 15 is 0 Å². The van der Waals surface area contributed by atoms with Gasteiger partial charge in [-0.3, -0.25) is 4.79 Å². The maximum atomic E-state index is 10.7. The number of carbonyl (C=O) groups is 1. The third kappa shape index (κ3) is 3.72. The van der Waals surface area contributed by atoms with Crippen LogP contribution in [0.2, 0.25) is 5.02 Å². The van der Waals surface area contributed by atoms with Crippen LogP contribution in [0.4, 0.5) is 5.69 Å². The molecule has 0 aliphatic rings. The SMILES string of the molecule is CCN(c1ccc(C=O)cc1Cl)C(C)CN(C)C. The number of aldehydes is 1. The van der Waals surface area contributed by atoms with Crippen molar-refractivity contribution < 1.29 is 4.79 Å². The van der Waals surface area contributed by atoms with Crippen LogP contribution in [0.3, 0.4) is 0 Å². The molecule has 0 aromatic heterocycles. The highest BCUT2D eigenvalue weighted by Gasteiger charge is 2.16. The van der Waals surface area contributed by atoms with Gasteiger partial charge in [-0.2, -0.15) is 0 Å². The maximum absolute atomic E-state index is 10.7. The molecule has 0 spiro atoms. The van der Waals surface area contributed by atoms with Crippen molar-refractivity contribution in [2.75, 3.05) is 32.1 Å². The van der Waals surface area contributed by atoms with Gasteiger partial charge in [-0.05, 0) is 46.1 Å². The van der Waals surface area contributed by atoms with Crippen molar-refractivity contribution in [1.29, 1.82) is 0 Å². The topological polar surface area (TPSA) is 23.6 Å². The Labute approximate surface area is 114 Å². The van der Waals surface area contributed by atoms with Crippen molar-refractivity contribution in [2.24, 2.45) is 0 Å². The molecule has 4 heteroatoms. The van der Waals surface area contributed by atoms with Crippen LogP contribution >= 0.6 is 11.6 Å². The second kappa shape index (κ2) is 6.76. The summed E-state index contributed by atoms with van der Waals surface area (Å²) in [4.78, 5) is 15.1.